The Kier molecular flexibility index (Phi) is 3.53. The van der Waals surface area contributed by atoms with Crippen LogP contribution in [0, 0.1) is 6.92 Å². The molecule has 5 rings (SSSR count). The molecule has 136 valence electrons. The highest BCUT2D eigenvalue weighted by molar-refractivity contribution is 7.17. The summed E-state index contributed by atoms with van der Waals surface area (Å²) in [6.07, 6.45) is 5.10. The van der Waals surface area contributed by atoms with Crippen molar-refractivity contribution < 1.29 is 4.57 Å². The highest BCUT2D eigenvalue weighted by Crippen LogP contribution is 2.37. The lowest BCUT2D eigenvalue weighted by atomic mass is 10.0. The summed E-state index contributed by atoms with van der Waals surface area (Å²) < 4.78 is 5.64. The van der Waals surface area contributed by atoms with Crippen molar-refractivity contribution in [1.29, 1.82) is 0 Å². The Balaban J connectivity index is 1.79. The fraction of sp³-hybridized carbons (Fsp3) is 0.318. The second kappa shape index (κ2) is 5.73. The van der Waals surface area contributed by atoms with E-state index in [4.69, 9.17) is 9.97 Å². The molecule has 4 aromatic rings. The number of hydrogen-bond acceptors (Lipinski definition) is 3. The van der Waals surface area contributed by atoms with E-state index in [9.17, 15) is 0 Å². The van der Waals surface area contributed by atoms with Gasteiger partial charge >= 0.3 is 0 Å². The van der Waals surface area contributed by atoms with E-state index in [-0.39, 0.29) is 0 Å². The third-order valence-electron chi connectivity index (χ3n) is 5.49. The maximum Gasteiger partial charge on any atom is 0.287 e. The van der Waals surface area contributed by atoms with Crippen molar-refractivity contribution in [3.63, 3.8) is 0 Å². The number of nitrogens with zero attached hydrogens (tertiary/aromatic N) is 4. The van der Waals surface area contributed by atoms with Crippen LogP contribution < -0.4 is 4.57 Å². The van der Waals surface area contributed by atoms with Crippen molar-refractivity contribution in [2.45, 2.75) is 40.0 Å². The molecule has 0 aliphatic carbocycles. The van der Waals surface area contributed by atoms with E-state index in [0.29, 0.717) is 5.92 Å². The Bertz CT molecular complexity index is 1260. The Morgan fingerprint density at radius 2 is 2.04 bits per heavy atom. The third kappa shape index (κ3) is 2.38. The van der Waals surface area contributed by atoms with Gasteiger partial charge in [-0.05, 0) is 53.4 Å². The molecular formula is C22H23N4S+. The van der Waals surface area contributed by atoms with Crippen LogP contribution in [0.5, 0.6) is 0 Å². The minimum Gasteiger partial charge on any atom is -0.303 e. The molecule has 1 aliphatic heterocycles. The molecule has 1 aromatic carbocycles. The first kappa shape index (κ1) is 16.6. The van der Waals surface area contributed by atoms with Crippen molar-refractivity contribution in [2.24, 2.45) is 7.05 Å². The van der Waals surface area contributed by atoms with Gasteiger partial charge in [0.25, 0.3) is 6.33 Å². The van der Waals surface area contributed by atoms with Crippen LogP contribution in [0.25, 0.3) is 38.7 Å². The van der Waals surface area contributed by atoms with E-state index in [1.165, 1.54) is 38.2 Å². The molecule has 0 spiro atoms. The average Bonchev–Trinajstić information content (AvgIpc) is 3.27. The van der Waals surface area contributed by atoms with Crippen LogP contribution >= 0.6 is 11.3 Å². The summed E-state index contributed by atoms with van der Waals surface area (Å²) in [7, 11) is 2.08. The maximum atomic E-state index is 4.90. The summed E-state index contributed by atoms with van der Waals surface area (Å²) in [5.41, 5.74) is 9.84. The van der Waals surface area contributed by atoms with Crippen LogP contribution in [-0.4, -0.2) is 14.5 Å². The molecule has 0 N–H and O–H groups in total. The molecule has 0 atom stereocenters. The van der Waals surface area contributed by atoms with Gasteiger partial charge in [-0.25, -0.2) is 9.55 Å². The van der Waals surface area contributed by atoms with E-state index in [2.05, 4.69) is 67.6 Å². The standard InChI is InChI=1S/C22H23N4S/c1-12(2)16-10-27-22-20(16)23-11-25(5)21(22)15-8-17-18(7-14(15)4)26-9-13(3)6-19(26)24-17/h7-12H,6H2,1-5H3/q+1. The quantitative estimate of drug-likeness (QED) is 0.463. The molecule has 0 fully saturated rings. The molecule has 27 heavy (non-hydrogen) atoms. The number of rotatable bonds is 2. The summed E-state index contributed by atoms with van der Waals surface area (Å²) in [5.74, 6) is 1.61. The molecular weight excluding hydrogens is 352 g/mol. The second-order valence-electron chi connectivity index (χ2n) is 7.93. The van der Waals surface area contributed by atoms with Crippen molar-refractivity contribution in [3.05, 3.63) is 46.4 Å². The summed E-state index contributed by atoms with van der Waals surface area (Å²) >= 11 is 1.80. The Morgan fingerprint density at radius 1 is 1.22 bits per heavy atom. The predicted octanol–water partition coefficient (Wildman–Crippen LogP) is 4.99. The number of benzene rings is 1. The van der Waals surface area contributed by atoms with Gasteiger partial charge < -0.3 is 4.57 Å². The van der Waals surface area contributed by atoms with Crippen LogP contribution in [0.3, 0.4) is 0 Å². The van der Waals surface area contributed by atoms with Gasteiger partial charge in [0, 0.05) is 23.7 Å². The number of allylic oxidation sites excluding steroid dienone is 1. The zero-order chi connectivity index (χ0) is 18.9. The topological polar surface area (TPSA) is 34.6 Å². The maximum absolute atomic E-state index is 4.90. The van der Waals surface area contributed by atoms with Crippen molar-refractivity contribution >= 4 is 38.8 Å². The van der Waals surface area contributed by atoms with Crippen LogP contribution in [0.2, 0.25) is 0 Å². The largest absolute Gasteiger partial charge is 0.303 e. The minimum absolute atomic E-state index is 0.474. The smallest absolute Gasteiger partial charge is 0.287 e. The molecule has 4 heterocycles. The predicted molar refractivity (Wildman–Crippen MR) is 112 cm³/mol. The number of hydrogen-bond donors (Lipinski definition) is 0. The molecule has 0 amide bonds. The van der Waals surface area contributed by atoms with E-state index >= 15 is 0 Å². The van der Waals surface area contributed by atoms with Crippen molar-refractivity contribution in [3.8, 4) is 11.3 Å². The fourth-order valence-corrected chi connectivity index (χ4v) is 5.36. The normalized spacial score (nSPS) is 13.8. The van der Waals surface area contributed by atoms with E-state index in [1.807, 2.05) is 6.33 Å². The molecule has 1 aliphatic rings. The number of thiophene rings is 1. The summed E-state index contributed by atoms with van der Waals surface area (Å²) in [6.45, 7) is 8.83. The van der Waals surface area contributed by atoms with E-state index in [0.717, 1.165) is 23.3 Å². The molecule has 0 bridgehead atoms. The van der Waals surface area contributed by atoms with Crippen LogP contribution in [-0.2, 0) is 13.5 Å². The number of aryl methyl sites for hydroxylation is 2. The third-order valence-corrected chi connectivity index (χ3v) is 6.49. The van der Waals surface area contributed by atoms with Crippen molar-refractivity contribution in [1.82, 2.24) is 14.5 Å². The zero-order valence-corrected chi connectivity index (χ0v) is 17.2. The molecule has 5 heteroatoms. The molecule has 0 radical (unpaired) electrons. The van der Waals surface area contributed by atoms with E-state index < -0.39 is 0 Å². The van der Waals surface area contributed by atoms with Gasteiger partial charge in [-0.2, -0.15) is 0 Å². The lowest BCUT2D eigenvalue weighted by molar-refractivity contribution is -0.662. The summed E-state index contributed by atoms with van der Waals surface area (Å²) in [5, 5.41) is 2.26. The van der Waals surface area contributed by atoms with Crippen LogP contribution in [0.15, 0.2) is 29.4 Å². The number of imidazole rings is 1. The number of fused-ring (bicyclic) bond motifs is 4. The van der Waals surface area contributed by atoms with Crippen LogP contribution in [0.4, 0.5) is 0 Å². The molecule has 0 saturated carbocycles. The van der Waals surface area contributed by atoms with Gasteiger partial charge in [-0.15, -0.1) is 11.3 Å². The summed E-state index contributed by atoms with van der Waals surface area (Å²) in [4.78, 5) is 9.64. The molecule has 3 aromatic heterocycles. The Morgan fingerprint density at radius 3 is 2.81 bits per heavy atom. The van der Waals surface area contributed by atoms with Crippen molar-refractivity contribution in [2.75, 3.05) is 0 Å². The number of aromatic nitrogens is 4. The average molecular weight is 376 g/mol. The van der Waals surface area contributed by atoms with Gasteiger partial charge in [-0.1, -0.05) is 13.8 Å². The summed E-state index contributed by atoms with van der Waals surface area (Å²) in [6, 6.07) is 4.53. The highest BCUT2D eigenvalue weighted by Gasteiger charge is 2.24. The lowest BCUT2D eigenvalue weighted by Crippen LogP contribution is -2.31. The minimum atomic E-state index is 0.474. The SMILES string of the molecule is CC1=Cn2c(nc3cc(-c4c5scc(C(C)C)c5nc[n+]4C)c(C)cc32)C1. The first-order valence-corrected chi connectivity index (χ1v) is 10.3. The van der Waals surface area contributed by atoms with Crippen LogP contribution in [0.1, 0.15) is 43.6 Å². The molecule has 0 saturated heterocycles. The van der Waals surface area contributed by atoms with Gasteiger partial charge in [0.2, 0.25) is 5.52 Å². The van der Waals surface area contributed by atoms with E-state index in [1.54, 1.807) is 11.3 Å². The molecule has 4 nitrogen and oxygen atoms in total. The Labute approximate surface area is 162 Å². The first-order chi connectivity index (χ1) is 12.9. The van der Waals surface area contributed by atoms with Gasteiger partial charge in [0.05, 0.1) is 18.1 Å². The van der Waals surface area contributed by atoms with Gasteiger partial charge in [-0.3, -0.25) is 0 Å². The highest BCUT2D eigenvalue weighted by atomic mass is 32.1. The fourth-order valence-electron chi connectivity index (χ4n) is 4.09. The second-order valence-corrected chi connectivity index (χ2v) is 8.81. The van der Waals surface area contributed by atoms with Gasteiger partial charge in [0.15, 0.2) is 5.69 Å². The zero-order valence-electron chi connectivity index (χ0n) is 16.4. The Hall–Kier alpha value is -2.53. The lowest BCUT2D eigenvalue weighted by Gasteiger charge is -2.08. The first-order valence-electron chi connectivity index (χ1n) is 9.39. The monoisotopic (exact) mass is 375 g/mol. The van der Waals surface area contributed by atoms with Gasteiger partial charge in [0.1, 0.15) is 10.5 Å². The molecule has 0 unspecified atom stereocenters.